The maximum atomic E-state index is 9.56. The minimum atomic E-state index is -0.611. The van der Waals surface area contributed by atoms with Crippen LogP contribution in [0, 0.1) is 0 Å². The zero-order valence-corrected chi connectivity index (χ0v) is 8.37. The Morgan fingerprint density at radius 3 is 2.10 bits per heavy atom. The second-order valence-electron chi connectivity index (χ2n) is 2.19. The number of rotatable bonds is 0. The van der Waals surface area contributed by atoms with Crippen LogP contribution < -0.4 is 0 Å². The molecule has 1 saturated heterocycles. The first-order valence-corrected chi connectivity index (χ1v) is 6.41. The van der Waals surface area contributed by atoms with E-state index in [0.717, 1.165) is 16.4 Å². The predicted octanol–water partition coefficient (Wildman–Crippen LogP) is 0.829. The average molecular weight is 178 g/mol. The molecule has 0 aromatic heterocycles. The third kappa shape index (κ3) is 11.2. The number of hydrogen-bond acceptors (Lipinski definition) is 2. The summed E-state index contributed by atoms with van der Waals surface area (Å²) in [5.41, 5.74) is 0. The Balaban J connectivity index is 0.000000180. The second kappa shape index (κ2) is 7.43. The summed E-state index contributed by atoms with van der Waals surface area (Å²) in [6, 6.07) is 1.31. The van der Waals surface area contributed by atoms with Gasteiger partial charge in [0, 0.05) is 29.9 Å². The van der Waals surface area contributed by atoms with Crippen LogP contribution in [0.3, 0.4) is 0 Å². The van der Waals surface area contributed by atoms with E-state index in [1.807, 2.05) is 0 Å². The van der Waals surface area contributed by atoms with Gasteiger partial charge in [0.15, 0.2) is 0 Å². The molecule has 4 heteroatoms. The van der Waals surface area contributed by atoms with Crippen LogP contribution in [0.25, 0.3) is 0 Å². The molecule has 0 aromatic carbocycles. The van der Waals surface area contributed by atoms with Crippen LogP contribution in [0.4, 0.5) is 0 Å². The highest BCUT2D eigenvalue weighted by atomic mass is 32.2. The van der Waals surface area contributed by atoms with Crippen LogP contribution >= 0.6 is 0 Å². The molecule has 0 amide bonds. The van der Waals surface area contributed by atoms with Gasteiger partial charge in [-0.1, -0.05) is 6.42 Å². The fourth-order valence-corrected chi connectivity index (χ4v) is 1.34. The van der Waals surface area contributed by atoms with Gasteiger partial charge >= 0.3 is 0 Å². The van der Waals surface area contributed by atoms with Gasteiger partial charge in [0.05, 0.1) is 0 Å². The molecule has 0 N–H and O–H groups in total. The Bertz CT molecular complexity index is 78.2. The van der Waals surface area contributed by atoms with Crippen LogP contribution in [0.5, 0.6) is 0 Å². The molecule has 2 radical (unpaired) electrons. The van der Waals surface area contributed by atoms with Crippen molar-refractivity contribution in [2.24, 2.45) is 0 Å². The van der Waals surface area contributed by atoms with Gasteiger partial charge in [-0.05, 0) is 12.5 Å². The lowest BCUT2D eigenvalue weighted by Crippen LogP contribution is -2.06. The van der Waals surface area contributed by atoms with E-state index in [1.54, 1.807) is 12.5 Å². The predicted molar refractivity (Wildman–Crippen MR) is 45.7 cm³/mol. The molecule has 0 bridgehead atoms. The van der Waals surface area contributed by atoms with Crippen molar-refractivity contribution in [3.8, 4) is 0 Å². The summed E-state index contributed by atoms with van der Waals surface area (Å²) in [6.45, 7) is 1.01. The molecule has 0 spiro atoms. The highest BCUT2D eigenvalue weighted by molar-refractivity contribution is 7.83. The lowest BCUT2D eigenvalue weighted by Gasteiger charge is -2.06. The molecule has 10 heavy (non-hydrogen) atoms. The van der Waals surface area contributed by atoms with Crippen molar-refractivity contribution in [2.45, 2.75) is 18.9 Å². The molecule has 0 unspecified atom stereocenters. The molecule has 0 atom stereocenters. The van der Waals surface area contributed by atoms with Crippen LogP contribution in [-0.4, -0.2) is 33.1 Å². The van der Waals surface area contributed by atoms with E-state index in [4.69, 9.17) is 4.43 Å². The van der Waals surface area contributed by atoms with Crippen molar-refractivity contribution in [1.29, 1.82) is 0 Å². The fourth-order valence-electron chi connectivity index (χ4n) is 0.516. The van der Waals surface area contributed by atoms with E-state index in [1.165, 1.54) is 18.9 Å². The summed E-state index contributed by atoms with van der Waals surface area (Å²) in [5.74, 6) is 0. The van der Waals surface area contributed by atoms with E-state index >= 15 is 0 Å². The van der Waals surface area contributed by atoms with Crippen molar-refractivity contribution in [3.63, 3.8) is 0 Å². The Morgan fingerprint density at radius 1 is 1.40 bits per heavy atom. The Morgan fingerprint density at radius 2 is 2.00 bits per heavy atom. The molecule has 0 aromatic rings. The van der Waals surface area contributed by atoms with E-state index in [0.29, 0.717) is 0 Å². The van der Waals surface area contributed by atoms with E-state index in [9.17, 15) is 4.21 Å². The molecule has 60 valence electrons. The molecular formula is C6H14O2SSi. The van der Waals surface area contributed by atoms with Crippen LogP contribution in [0.2, 0.25) is 6.04 Å². The van der Waals surface area contributed by atoms with E-state index < -0.39 is 10.8 Å². The van der Waals surface area contributed by atoms with Crippen LogP contribution in [-0.2, 0) is 15.2 Å². The largest absolute Gasteiger partial charge is 0.417 e. The van der Waals surface area contributed by atoms with Gasteiger partial charge in [-0.15, -0.1) is 0 Å². The highest BCUT2D eigenvalue weighted by Crippen LogP contribution is 2.01. The average Bonchev–Trinajstić information content (AvgIpc) is 1.90. The normalized spacial score (nSPS) is 17.9. The summed E-state index contributed by atoms with van der Waals surface area (Å²) < 4.78 is 14.7. The molecule has 1 rings (SSSR count). The van der Waals surface area contributed by atoms with Gasteiger partial charge in [-0.3, -0.25) is 4.21 Å². The third-order valence-corrected chi connectivity index (χ3v) is 1.84. The minimum absolute atomic E-state index is 0.611. The lowest BCUT2D eigenvalue weighted by atomic mass is 10.4. The molecule has 1 fully saturated rings. The first-order chi connectivity index (χ1) is 4.73. The zero-order valence-electron chi connectivity index (χ0n) is 6.55. The molecule has 0 aliphatic carbocycles. The monoisotopic (exact) mass is 178 g/mol. The van der Waals surface area contributed by atoms with Gasteiger partial charge in [0.2, 0.25) is 9.76 Å². The van der Waals surface area contributed by atoms with Gasteiger partial charge in [0.1, 0.15) is 0 Å². The SMILES string of the molecule is C1CC[Si]OC1.CS(C)=O. The highest BCUT2D eigenvalue weighted by Gasteiger charge is 1.97. The topological polar surface area (TPSA) is 26.3 Å². The molecule has 1 aliphatic rings. The van der Waals surface area contributed by atoms with E-state index in [2.05, 4.69) is 0 Å². The first-order valence-electron chi connectivity index (χ1n) is 3.33. The standard InChI is InChI=1S/C4H8OSi.C2H6OS/c1-2-4-6-5-3-1;1-4(2)3/h1-4H2;1-2H3. The third-order valence-electron chi connectivity index (χ3n) is 0.877. The van der Waals surface area contributed by atoms with Crippen molar-refractivity contribution in [1.82, 2.24) is 0 Å². The Labute approximate surface area is 67.7 Å². The summed E-state index contributed by atoms with van der Waals surface area (Å²) in [7, 11) is 0.191. The molecular weight excluding hydrogens is 164 g/mol. The molecule has 2 nitrogen and oxygen atoms in total. The summed E-state index contributed by atoms with van der Waals surface area (Å²) >= 11 is 0. The van der Waals surface area contributed by atoms with Gasteiger partial charge in [0.25, 0.3) is 0 Å². The molecule has 0 saturated carbocycles. The van der Waals surface area contributed by atoms with Gasteiger partial charge in [-0.25, -0.2) is 0 Å². The van der Waals surface area contributed by atoms with Crippen molar-refractivity contribution in [2.75, 3.05) is 19.1 Å². The maximum Gasteiger partial charge on any atom is 0.229 e. The zero-order chi connectivity index (χ0) is 7.82. The molecule has 1 aliphatic heterocycles. The summed E-state index contributed by atoms with van der Waals surface area (Å²) in [5, 5.41) is 0. The van der Waals surface area contributed by atoms with Gasteiger partial charge in [-0.2, -0.15) is 0 Å². The quantitative estimate of drug-likeness (QED) is 0.514. The number of hydrogen-bond donors (Lipinski definition) is 0. The van der Waals surface area contributed by atoms with Crippen LogP contribution in [0.15, 0.2) is 0 Å². The van der Waals surface area contributed by atoms with Crippen molar-refractivity contribution < 1.29 is 8.63 Å². The smallest absolute Gasteiger partial charge is 0.229 e. The Hall–Kier alpha value is 0.327. The first kappa shape index (κ1) is 10.3. The summed E-state index contributed by atoms with van der Waals surface area (Å²) in [4.78, 5) is 0. The maximum absolute atomic E-state index is 9.56. The van der Waals surface area contributed by atoms with Crippen molar-refractivity contribution >= 4 is 20.6 Å². The van der Waals surface area contributed by atoms with E-state index in [-0.39, 0.29) is 0 Å². The second-order valence-corrected chi connectivity index (χ2v) is 4.75. The Kier molecular flexibility index (Phi) is 7.68. The lowest BCUT2D eigenvalue weighted by molar-refractivity contribution is 0.304. The fraction of sp³-hybridized carbons (Fsp3) is 1.00. The summed E-state index contributed by atoms with van der Waals surface area (Å²) in [6.07, 6.45) is 5.95. The molecule has 1 heterocycles. The van der Waals surface area contributed by atoms with Crippen molar-refractivity contribution in [3.05, 3.63) is 0 Å². The van der Waals surface area contributed by atoms with Crippen LogP contribution in [0.1, 0.15) is 12.8 Å². The van der Waals surface area contributed by atoms with Gasteiger partial charge < -0.3 is 4.43 Å². The minimum Gasteiger partial charge on any atom is -0.417 e.